The highest BCUT2D eigenvalue weighted by atomic mass is 35.5. The lowest BCUT2D eigenvalue weighted by atomic mass is 10.3. The number of hydrogen-bond acceptors (Lipinski definition) is 1. The van der Waals surface area contributed by atoms with Gasteiger partial charge in [0.25, 0.3) is 0 Å². The molecule has 1 heterocycles. The first-order chi connectivity index (χ1) is 5.81. The summed E-state index contributed by atoms with van der Waals surface area (Å²) in [5, 5.41) is 0. The van der Waals surface area contributed by atoms with Gasteiger partial charge in [-0.15, -0.1) is 11.6 Å². The molecule has 2 unspecified atom stereocenters. The number of hydrogen-bond donors (Lipinski definition) is 0. The Balaban J connectivity index is 2.02. The highest BCUT2D eigenvalue weighted by molar-refractivity contribution is 6.16. The fourth-order valence-electron chi connectivity index (χ4n) is 1.53. The molecule has 2 rings (SSSR count). The molecule has 3 heteroatoms. The third-order valence-electron chi connectivity index (χ3n) is 2.64. The maximum Gasteiger partial charge on any atom is 0.0948 e. The van der Waals surface area contributed by atoms with Crippen LogP contribution in [0.15, 0.2) is 12.5 Å². The molecule has 66 valence electrons. The molecule has 1 aromatic heterocycles. The Morgan fingerprint density at radius 2 is 2.50 bits per heavy atom. The van der Waals surface area contributed by atoms with Crippen LogP contribution >= 0.6 is 11.6 Å². The van der Waals surface area contributed by atoms with Crippen molar-refractivity contribution in [3.8, 4) is 0 Å². The molecule has 0 N–H and O–H groups in total. The predicted octanol–water partition coefficient (Wildman–Crippen LogP) is 2.28. The van der Waals surface area contributed by atoms with Crippen LogP contribution in [0.3, 0.4) is 0 Å². The van der Waals surface area contributed by atoms with Gasteiger partial charge in [0.15, 0.2) is 0 Å². The second-order valence-corrected chi connectivity index (χ2v) is 3.91. The van der Waals surface area contributed by atoms with Gasteiger partial charge in [-0.1, -0.05) is 6.92 Å². The summed E-state index contributed by atoms with van der Waals surface area (Å²) in [6, 6.07) is 0. The Morgan fingerprint density at radius 1 is 1.75 bits per heavy atom. The summed E-state index contributed by atoms with van der Waals surface area (Å²) in [5.41, 5.74) is 1.13. The van der Waals surface area contributed by atoms with Crippen LogP contribution in [0.1, 0.15) is 19.0 Å². The monoisotopic (exact) mass is 184 g/mol. The van der Waals surface area contributed by atoms with Gasteiger partial charge in [0.2, 0.25) is 0 Å². The number of rotatable bonds is 3. The Kier molecular flexibility index (Phi) is 2.09. The zero-order valence-corrected chi connectivity index (χ0v) is 7.96. The van der Waals surface area contributed by atoms with Crippen LogP contribution in [0, 0.1) is 11.8 Å². The molecule has 2 atom stereocenters. The van der Waals surface area contributed by atoms with Crippen molar-refractivity contribution in [2.75, 3.05) is 0 Å². The fraction of sp³-hybridized carbons (Fsp3) is 0.667. The molecule has 0 bridgehead atoms. The van der Waals surface area contributed by atoms with Crippen molar-refractivity contribution in [1.82, 2.24) is 9.55 Å². The second-order valence-electron chi connectivity index (χ2n) is 3.64. The molecular weight excluding hydrogens is 172 g/mol. The zero-order chi connectivity index (χ0) is 8.55. The van der Waals surface area contributed by atoms with Crippen LogP contribution in [-0.4, -0.2) is 9.55 Å². The van der Waals surface area contributed by atoms with Gasteiger partial charge in [0, 0.05) is 12.7 Å². The lowest BCUT2D eigenvalue weighted by Crippen LogP contribution is -2.02. The van der Waals surface area contributed by atoms with E-state index in [0.29, 0.717) is 5.88 Å². The van der Waals surface area contributed by atoms with Crippen molar-refractivity contribution in [2.45, 2.75) is 25.8 Å². The van der Waals surface area contributed by atoms with E-state index in [4.69, 9.17) is 11.6 Å². The summed E-state index contributed by atoms with van der Waals surface area (Å²) in [6.07, 6.45) is 5.09. The molecule has 0 radical (unpaired) electrons. The Labute approximate surface area is 77.6 Å². The molecule has 1 aromatic rings. The molecule has 12 heavy (non-hydrogen) atoms. The van der Waals surface area contributed by atoms with Gasteiger partial charge in [0.05, 0.1) is 17.9 Å². The molecule has 2 nitrogen and oxygen atoms in total. The van der Waals surface area contributed by atoms with E-state index in [-0.39, 0.29) is 0 Å². The molecule has 0 saturated heterocycles. The van der Waals surface area contributed by atoms with Crippen molar-refractivity contribution < 1.29 is 0 Å². The van der Waals surface area contributed by atoms with E-state index in [1.807, 2.05) is 12.5 Å². The van der Waals surface area contributed by atoms with Gasteiger partial charge in [-0.2, -0.15) is 0 Å². The van der Waals surface area contributed by atoms with Gasteiger partial charge < -0.3 is 4.57 Å². The molecule has 1 saturated carbocycles. The van der Waals surface area contributed by atoms with Crippen LogP contribution in [0.2, 0.25) is 0 Å². The zero-order valence-electron chi connectivity index (χ0n) is 7.20. The minimum atomic E-state index is 0.571. The normalized spacial score (nSPS) is 27.5. The van der Waals surface area contributed by atoms with E-state index in [1.54, 1.807) is 0 Å². The number of halogens is 1. The summed E-state index contributed by atoms with van der Waals surface area (Å²) in [6.45, 7) is 3.39. The smallest absolute Gasteiger partial charge is 0.0948 e. The van der Waals surface area contributed by atoms with Crippen LogP contribution < -0.4 is 0 Å². The van der Waals surface area contributed by atoms with Crippen LogP contribution in [0.4, 0.5) is 0 Å². The minimum Gasteiger partial charge on any atom is -0.333 e. The molecule has 0 aliphatic heterocycles. The summed E-state index contributed by atoms with van der Waals surface area (Å²) in [4.78, 5) is 4.08. The van der Waals surface area contributed by atoms with Crippen molar-refractivity contribution in [2.24, 2.45) is 11.8 Å². The average molecular weight is 185 g/mol. The van der Waals surface area contributed by atoms with E-state index in [0.717, 1.165) is 24.1 Å². The first-order valence-electron chi connectivity index (χ1n) is 4.36. The molecule has 1 fully saturated rings. The van der Waals surface area contributed by atoms with E-state index in [9.17, 15) is 0 Å². The average Bonchev–Trinajstić information content (AvgIpc) is 2.62. The standard InChI is InChI=1S/C9H13ClN2/c1-7-2-8(7)5-12-6-11-4-9(12)3-10/h4,6-8H,2-3,5H2,1H3. The Hall–Kier alpha value is -0.500. The van der Waals surface area contributed by atoms with E-state index >= 15 is 0 Å². The lowest BCUT2D eigenvalue weighted by Gasteiger charge is -2.03. The minimum absolute atomic E-state index is 0.571. The van der Waals surface area contributed by atoms with E-state index in [1.165, 1.54) is 6.42 Å². The van der Waals surface area contributed by atoms with Crippen molar-refractivity contribution >= 4 is 11.6 Å². The van der Waals surface area contributed by atoms with E-state index in [2.05, 4.69) is 16.5 Å². The fourth-order valence-corrected chi connectivity index (χ4v) is 1.75. The molecule has 1 aliphatic carbocycles. The van der Waals surface area contributed by atoms with Crippen LogP contribution in [0.5, 0.6) is 0 Å². The van der Waals surface area contributed by atoms with Crippen molar-refractivity contribution in [3.05, 3.63) is 18.2 Å². The van der Waals surface area contributed by atoms with Gasteiger partial charge in [-0.3, -0.25) is 0 Å². The summed E-state index contributed by atoms with van der Waals surface area (Å²) < 4.78 is 2.17. The summed E-state index contributed by atoms with van der Waals surface area (Å²) >= 11 is 5.75. The number of imidazole rings is 1. The first-order valence-corrected chi connectivity index (χ1v) is 4.89. The number of nitrogens with zero attached hydrogens (tertiary/aromatic N) is 2. The van der Waals surface area contributed by atoms with E-state index < -0.39 is 0 Å². The van der Waals surface area contributed by atoms with Crippen molar-refractivity contribution in [3.63, 3.8) is 0 Å². The third kappa shape index (κ3) is 1.48. The third-order valence-corrected chi connectivity index (χ3v) is 2.92. The lowest BCUT2D eigenvalue weighted by molar-refractivity contribution is 0.581. The highest BCUT2D eigenvalue weighted by Crippen LogP contribution is 2.39. The summed E-state index contributed by atoms with van der Waals surface area (Å²) in [7, 11) is 0. The van der Waals surface area contributed by atoms with Gasteiger partial charge in [-0.25, -0.2) is 4.98 Å². The molecule has 1 aliphatic rings. The second kappa shape index (κ2) is 3.09. The van der Waals surface area contributed by atoms with Gasteiger partial charge in [0.1, 0.15) is 0 Å². The first kappa shape index (κ1) is 8.11. The predicted molar refractivity (Wildman–Crippen MR) is 49.1 cm³/mol. The Morgan fingerprint density at radius 3 is 3.08 bits per heavy atom. The molecule has 0 amide bonds. The van der Waals surface area contributed by atoms with Gasteiger partial charge in [-0.05, 0) is 18.3 Å². The topological polar surface area (TPSA) is 17.8 Å². The summed E-state index contributed by atoms with van der Waals surface area (Å²) in [5.74, 6) is 2.33. The maximum atomic E-state index is 5.75. The van der Waals surface area contributed by atoms with Crippen LogP contribution in [-0.2, 0) is 12.4 Å². The Bertz CT molecular complexity index is 269. The molecule has 0 aromatic carbocycles. The van der Waals surface area contributed by atoms with Crippen molar-refractivity contribution in [1.29, 1.82) is 0 Å². The highest BCUT2D eigenvalue weighted by Gasteiger charge is 2.32. The van der Waals surface area contributed by atoms with Gasteiger partial charge >= 0.3 is 0 Å². The number of aromatic nitrogens is 2. The van der Waals surface area contributed by atoms with Crippen LogP contribution in [0.25, 0.3) is 0 Å². The maximum absolute atomic E-state index is 5.75. The SMILES string of the molecule is CC1CC1Cn1cncc1CCl. The molecular formula is C9H13ClN2. The largest absolute Gasteiger partial charge is 0.333 e. The quantitative estimate of drug-likeness (QED) is 0.660. The molecule has 0 spiro atoms. The number of alkyl halides is 1.